The number of nitrogens with zero attached hydrogens (tertiary/aromatic N) is 1. The summed E-state index contributed by atoms with van der Waals surface area (Å²) < 4.78 is 0. The Kier molecular flexibility index (Phi) is 5.30. The lowest BCUT2D eigenvalue weighted by Crippen LogP contribution is -2.03. The van der Waals surface area contributed by atoms with Crippen LogP contribution in [0.15, 0.2) is 60.0 Å². The molecule has 0 spiro atoms. The van der Waals surface area contributed by atoms with Gasteiger partial charge in [0.25, 0.3) is 0 Å². The van der Waals surface area contributed by atoms with Crippen molar-refractivity contribution in [3.8, 4) is 0 Å². The molecule has 1 fully saturated rings. The molecule has 1 aliphatic carbocycles. The highest BCUT2D eigenvalue weighted by molar-refractivity contribution is 6.30. The molecule has 2 nitrogen and oxygen atoms in total. The average molecular weight is 326 g/mol. The zero-order valence-corrected chi connectivity index (χ0v) is 13.8. The summed E-state index contributed by atoms with van der Waals surface area (Å²) in [6, 6.07) is 13.0. The monoisotopic (exact) mass is 325 g/mol. The lowest BCUT2D eigenvalue weighted by atomic mass is 9.92. The predicted molar refractivity (Wildman–Crippen MR) is 94.2 cm³/mol. The van der Waals surface area contributed by atoms with E-state index in [4.69, 9.17) is 11.6 Å². The second kappa shape index (κ2) is 7.61. The summed E-state index contributed by atoms with van der Waals surface area (Å²) >= 11 is 5.95. The number of rotatable bonds is 3. The Balaban J connectivity index is 2.04. The van der Waals surface area contributed by atoms with Gasteiger partial charge in [-0.15, -0.1) is 5.73 Å². The second-order valence-corrected chi connectivity index (χ2v) is 6.31. The summed E-state index contributed by atoms with van der Waals surface area (Å²) in [5.41, 5.74) is 7.07. The molecular weight excluding hydrogens is 306 g/mol. The maximum Gasteiger partial charge on any atom is 0.113 e. The highest BCUT2D eigenvalue weighted by Crippen LogP contribution is 2.31. The molecule has 3 heteroatoms. The van der Waals surface area contributed by atoms with Gasteiger partial charge < -0.3 is 5.11 Å². The molecule has 3 rings (SSSR count). The van der Waals surface area contributed by atoms with Crippen molar-refractivity contribution in [1.82, 2.24) is 4.98 Å². The van der Waals surface area contributed by atoms with E-state index in [2.05, 4.69) is 10.7 Å². The fourth-order valence-electron chi connectivity index (χ4n) is 2.90. The topological polar surface area (TPSA) is 33.1 Å². The molecule has 1 N–H and O–H groups in total. The van der Waals surface area contributed by atoms with E-state index in [1.165, 1.54) is 24.8 Å². The van der Waals surface area contributed by atoms with Crippen LogP contribution < -0.4 is 0 Å². The Labute approximate surface area is 142 Å². The van der Waals surface area contributed by atoms with Gasteiger partial charge in [-0.25, -0.2) is 0 Å². The molecule has 1 aromatic carbocycles. The van der Waals surface area contributed by atoms with Crippen molar-refractivity contribution < 1.29 is 5.11 Å². The van der Waals surface area contributed by atoms with Gasteiger partial charge in [-0.2, -0.15) is 0 Å². The van der Waals surface area contributed by atoms with Crippen molar-refractivity contribution in [2.45, 2.75) is 38.2 Å². The third-order valence-electron chi connectivity index (χ3n) is 4.17. The average Bonchev–Trinajstić information content (AvgIpc) is 2.61. The molecule has 1 aromatic heterocycles. The first kappa shape index (κ1) is 16.0. The van der Waals surface area contributed by atoms with Crippen LogP contribution in [-0.4, -0.2) is 10.1 Å². The van der Waals surface area contributed by atoms with Gasteiger partial charge in [0.15, 0.2) is 0 Å². The first-order valence-corrected chi connectivity index (χ1v) is 8.45. The van der Waals surface area contributed by atoms with Crippen LogP contribution in [0.25, 0.3) is 5.57 Å². The van der Waals surface area contributed by atoms with Crippen molar-refractivity contribution in [1.29, 1.82) is 0 Å². The molecule has 1 aliphatic rings. The van der Waals surface area contributed by atoms with Crippen LogP contribution in [0.5, 0.6) is 0 Å². The first-order valence-electron chi connectivity index (χ1n) is 8.07. The third kappa shape index (κ3) is 4.11. The smallest absolute Gasteiger partial charge is 0.113 e. The fourth-order valence-corrected chi connectivity index (χ4v) is 3.03. The van der Waals surface area contributed by atoms with Gasteiger partial charge in [-0.05, 0) is 61.1 Å². The van der Waals surface area contributed by atoms with Crippen LogP contribution in [0, 0.1) is 0 Å². The van der Waals surface area contributed by atoms with Crippen LogP contribution in [0.4, 0.5) is 0 Å². The van der Waals surface area contributed by atoms with E-state index in [1.54, 1.807) is 18.3 Å². The zero-order valence-electron chi connectivity index (χ0n) is 13.0. The molecular formula is C20H20ClNO. The number of hydrogen-bond acceptors (Lipinski definition) is 2. The van der Waals surface area contributed by atoms with Crippen LogP contribution in [0.3, 0.4) is 0 Å². The van der Waals surface area contributed by atoms with Gasteiger partial charge in [0.2, 0.25) is 0 Å². The molecule has 118 valence electrons. The molecule has 1 atom stereocenters. The molecule has 0 saturated heterocycles. The zero-order chi connectivity index (χ0) is 16.1. The van der Waals surface area contributed by atoms with Crippen molar-refractivity contribution >= 4 is 17.2 Å². The van der Waals surface area contributed by atoms with E-state index in [0.717, 1.165) is 29.7 Å². The van der Waals surface area contributed by atoms with Crippen LogP contribution in [0.2, 0.25) is 5.02 Å². The molecule has 0 radical (unpaired) electrons. The van der Waals surface area contributed by atoms with E-state index in [1.807, 2.05) is 30.3 Å². The summed E-state index contributed by atoms with van der Waals surface area (Å²) in [5, 5.41) is 11.5. The lowest BCUT2D eigenvalue weighted by Gasteiger charge is -2.16. The van der Waals surface area contributed by atoms with Gasteiger partial charge in [0.05, 0.1) is 11.3 Å². The SMILES string of the molecule is O[C@H](C(=C=C1CCCCC1)c1ccccn1)c1ccc(Cl)cc1. The molecule has 23 heavy (non-hydrogen) atoms. The predicted octanol–water partition coefficient (Wildman–Crippen LogP) is 5.34. The van der Waals surface area contributed by atoms with E-state index in [9.17, 15) is 5.11 Å². The number of benzene rings is 1. The highest BCUT2D eigenvalue weighted by atomic mass is 35.5. The number of hydrogen-bond donors (Lipinski definition) is 1. The minimum Gasteiger partial charge on any atom is -0.383 e. The Morgan fingerprint density at radius 2 is 1.78 bits per heavy atom. The summed E-state index contributed by atoms with van der Waals surface area (Å²) in [5.74, 6) is 0. The quantitative estimate of drug-likeness (QED) is 0.772. The van der Waals surface area contributed by atoms with Gasteiger partial charge in [-0.1, -0.05) is 36.2 Å². The molecule has 2 aromatic rings. The Morgan fingerprint density at radius 3 is 2.43 bits per heavy atom. The molecule has 0 bridgehead atoms. The number of pyridine rings is 1. The van der Waals surface area contributed by atoms with E-state index in [-0.39, 0.29) is 0 Å². The van der Waals surface area contributed by atoms with Gasteiger partial charge in [0, 0.05) is 11.2 Å². The van der Waals surface area contributed by atoms with E-state index >= 15 is 0 Å². The maximum absolute atomic E-state index is 10.9. The van der Waals surface area contributed by atoms with Gasteiger partial charge >= 0.3 is 0 Å². The molecule has 1 saturated carbocycles. The van der Waals surface area contributed by atoms with Crippen molar-refractivity contribution in [3.63, 3.8) is 0 Å². The third-order valence-corrected chi connectivity index (χ3v) is 4.42. The summed E-state index contributed by atoms with van der Waals surface area (Å²) in [6.45, 7) is 0. The number of aromatic nitrogens is 1. The minimum atomic E-state index is -0.753. The lowest BCUT2D eigenvalue weighted by molar-refractivity contribution is 0.238. The number of aliphatic hydroxyl groups is 1. The van der Waals surface area contributed by atoms with Crippen LogP contribution in [0.1, 0.15) is 49.5 Å². The standard InChI is InChI=1S/C20H20ClNO/c21-17-11-9-16(10-12-17)20(23)18(19-8-4-5-13-22-19)14-15-6-2-1-3-7-15/h4-5,8-13,20,23H,1-3,6-7H2/t20-/m0/s1. The summed E-state index contributed by atoms with van der Waals surface area (Å²) in [4.78, 5) is 4.41. The molecule has 0 unspecified atom stereocenters. The Hall–Kier alpha value is -1.86. The minimum absolute atomic E-state index is 0.662. The van der Waals surface area contributed by atoms with Crippen molar-refractivity contribution in [2.75, 3.05) is 0 Å². The van der Waals surface area contributed by atoms with Gasteiger partial charge in [0.1, 0.15) is 6.10 Å². The normalized spacial score (nSPS) is 15.8. The second-order valence-electron chi connectivity index (χ2n) is 5.87. The van der Waals surface area contributed by atoms with Crippen LogP contribution in [-0.2, 0) is 0 Å². The maximum atomic E-state index is 10.9. The fraction of sp³-hybridized carbons (Fsp3) is 0.300. The van der Waals surface area contributed by atoms with Gasteiger partial charge in [-0.3, -0.25) is 4.98 Å². The summed E-state index contributed by atoms with van der Waals surface area (Å²) in [7, 11) is 0. The number of halogens is 1. The Bertz CT molecular complexity index is 707. The van der Waals surface area contributed by atoms with E-state index < -0.39 is 6.10 Å². The largest absolute Gasteiger partial charge is 0.383 e. The Morgan fingerprint density at radius 1 is 1.04 bits per heavy atom. The number of aliphatic hydroxyl groups excluding tert-OH is 1. The van der Waals surface area contributed by atoms with Crippen LogP contribution >= 0.6 is 11.6 Å². The molecule has 1 heterocycles. The molecule has 0 aliphatic heterocycles. The van der Waals surface area contributed by atoms with E-state index in [0.29, 0.717) is 5.02 Å². The van der Waals surface area contributed by atoms with Crippen molar-refractivity contribution in [3.05, 3.63) is 76.2 Å². The first-order chi connectivity index (χ1) is 11.2. The summed E-state index contributed by atoms with van der Waals surface area (Å²) in [6.07, 6.45) is 6.80. The highest BCUT2D eigenvalue weighted by Gasteiger charge is 2.17. The molecule has 0 amide bonds. The van der Waals surface area contributed by atoms with Crippen molar-refractivity contribution in [2.24, 2.45) is 0 Å².